The maximum absolute atomic E-state index is 4.99. The van der Waals surface area contributed by atoms with Crippen LogP contribution < -0.4 is 0 Å². The van der Waals surface area contributed by atoms with Crippen molar-refractivity contribution >= 4 is 10.8 Å². The Morgan fingerprint density at radius 2 is 1.03 bits per heavy atom. The van der Waals surface area contributed by atoms with Gasteiger partial charge >= 0.3 is 0 Å². The zero-order chi connectivity index (χ0) is 19.0. The summed E-state index contributed by atoms with van der Waals surface area (Å²) in [7, 11) is 0. The van der Waals surface area contributed by atoms with Crippen LogP contribution >= 0.6 is 0 Å². The molecule has 4 aromatic carbocycles. The predicted octanol–water partition coefficient (Wildman–Crippen LogP) is 6.58. The zero-order valence-corrected chi connectivity index (χ0v) is 15.8. The van der Waals surface area contributed by atoms with Gasteiger partial charge in [-0.3, -0.25) is 4.98 Å². The Bertz CT molecular complexity index is 1400. The fourth-order valence-electron chi connectivity index (χ4n) is 5.69. The number of rotatable bonds is 0. The second-order valence-corrected chi connectivity index (χ2v) is 7.96. The summed E-state index contributed by atoms with van der Waals surface area (Å²) in [6, 6.07) is 35.3. The van der Waals surface area contributed by atoms with Gasteiger partial charge in [-0.05, 0) is 33.2 Å². The highest BCUT2D eigenvalue weighted by Gasteiger charge is 2.52. The smallest absolute Gasteiger partial charge is 0.0759 e. The summed E-state index contributed by atoms with van der Waals surface area (Å²) in [5.41, 5.74) is 10.1. The van der Waals surface area contributed by atoms with Gasteiger partial charge in [-0.25, -0.2) is 0 Å². The maximum atomic E-state index is 4.99. The van der Waals surface area contributed by atoms with Crippen LogP contribution in [0.3, 0.4) is 0 Å². The molecule has 0 aliphatic heterocycles. The Balaban J connectivity index is 1.79. The first-order valence-corrected chi connectivity index (χ1v) is 10.1. The summed E-state index contributed by atoms with van der Waals surface area (Å²) in [6.07, 6.45) is 2.02. The van der Waals surface area contributed by atoms with E-state index >= 15 is 0 Å². The van der Waals surface area contributed by atoms with Crippen molar-refractivity contribution in [3.63, 3.8) is 0 Å². The predicted molar refractivity (Wildman–Crippen MR) is 118 cm³/mol. The lowest BCUT2D eigenvalue weighted by Crippen LogP contribution is -2.26. The number of aromatic nitrogens is 1. The minimum absolute atomic E-state index is 0.313. The normalized spacial score (nSPS) is 14.5. The molecule has 1 aromatic heterocycles. The lowest BCUT2D eigenvalue weighted by Gasteiger charge is -2.31. The van der Waals surface area contributed by atoms with Crippen LogP contribution in [0, 0.1) is 0 Å². The zero-order valence-electron chi connectivity index (χ0n) is 15.8. The molecule has 29 heavy (non-hydrogen) atoms. The fourth-order valence-corrected chi connectivity index (χ4v) is 5.69. The SMILES string of the molecule is c1ccc2c(c1)-c1ccccc1C21c2ccccc2-c2ncc3ccccc3c21. The van der Waals surface area contributed by atoms with Crippen molar-refractivity contribution in [1.82, 2.24) is 4.98 Å². The second-order valence-electron chi connectivity index (χ2n) is 7.96. The van der Waals surface area contributed by atoms with Crippen LogP contribution in [0.2, 0.25) is 0 Å². The molecular formula is C28H17N. The first kappa shape index (κ1) is 15.2. The van der Waals surface area contributed by atoms with Crippen molar-refractivity contribution in [2.45, 2.75) is 5.41 Å². The molecule has 134 valence electrons. The average molecular weight is 367 g/mol. The summed E-state index contributed by atoms with van der Waals surface area (Å²) in [5, 5.41) is 2.49. The van der Waals surface area contributed by atoms with Gasteiger partial charge in [-0.2, -0.15) is 0 Å². The largest absolute Gasteiger partial charge is 0.255 e. The van der Waals surface area contributed by atoms with E-state index in [4.69, 9.17) is 4.98 Å². The molecule has 0 fully saturated rings. The van der Waals surface area contributed by atoms with Gasteiger partial charge in [0, 0.05) is 22.7 Å². The summed E-state index contributed by atoms with van der Waals surface area (Å²) >= 11 is 0. The minimum atomic E-state index is -0.313. The van der Waals surface area contributed by atoms with E-state index in [1.54, 1.807) is 0 Å². The van der Waals surface area contributed by atoms with Crippen LogP contribution in [-0.4, -0.2) is 4.98 Å². The van der Waals surface area contributed by atoms with Crippen molar-refractivity contribution in [1.29, 1.82) is 0 Å². The van der Waals surface area contributed by atoms with Crippen molar-refractivity contribution < 1.29 is 0 Å². The molecule has 2 aliphatic rings. The monoisotopic (exact) mass is 367 g/mol. The van der Waals surface area contributed by atoms with Gasteiger partial charge in [0.05, 0.1) is 11.1 Å². The van der Waals surface area contributed by atoms with Crippen LogP contribution in [0.15, 0.2) is 103 Å². The van der Waals surface area contributed by atoms with Crippen LogP contribution in [0.4, 0.5) is 0 Å². The minimum Gasteiger partial charge on any atom is -0.255 e. The molecule has 0 amide bonds. The molecule has 2 aliphatic carbocycles. The van der Waals surface area contributed by atoms with Crippen LogP contribution in [0.5, 0.6) is 0 Å². The number of benzene rings is 4. The molecule has 1 spiro atoms. The summed E-state index contributed by atoms with van der Waals surface area (Å²) < 4.78 is 0. The van der Waals surface area contributed by atoms with E-state index in [9.17, 15) is 0 Å². The van der Waals surface area contributed by atoms with Gasteiger partial charge in [0.15, 0.2) is 0 Å². The quantitative estimate of drug-likeness (QED) is 0.295. The first-order valence-electron chi connectivity index (χ1n) is 10.1. The van der Waals surface area contributed by atoms with E-state index in [0.29, 0.717) is 0 Å². The Morgan fingerprint density at radius 1 is 0.517 bits per heavy atom. The Morgan fingerprint density at radius 3 is 1.72 bits per heavy atom. The molecule has 1 heteroatoms. The molecule has 7 rings (SSSR count). The summed E-state index contributed by atoms with van der Waals surface area (Å²) in [6.45, 7) is 0. The third-order valence-electron chi connectivity index (χ3n) is 6.71. The van der Waals surface area contributed by atoms with Crippen molar-refractivity contribution in [3.8, 4) is 22.4 Å². The molecule has 0 unspecified atom stereocenters. The molecule has 0 saturated heterocycles. The molecule has 0 bridgehead atoms. The van der Waals surface area contributed by atoms with E-state index in [1.807, 2.05) is 6.20 Å². The highest BCUT2D eigenvalue weighted by atomic mass is 14.7. The lowest BCUT2D eigenvalue weighted by atomic mass is 9.70. The van der Waals surface area contributed by atoms with Gasteiger partial charge in [-0.1, -0.05) is 97.1 Å². The molecular weight excluding hydrogens is 350 g/mol. The third kappa shape index (κ3) is 1.66. The van der Waals surface area contributed by atoms with Gasteiger partial charge < -0.3 is 0 Å². The first-order chi connectivity index (χ1) is 14.4. The number of hydrogen-bond donors (Lipinski definition) is 0. The third-order valence-corrected chi connectivity index (χ3v) is 6.71. The highest BCUT2D eigenvalue weighted by Crippen LogP contribution is 2.63. The molecule has 0 N–H and O–H groups in total. The standard InChI is InChI=1S/C28H17N/c1-2-10-19-18(9-1)17-29-27-22-13-5-8-16-25(22)28(26(19)27)23-14-6-3-11-20(23)21-12-4-7-15-24(21)28/h1-17H. The van der Waals surface area contributed by atoms with Crippen molar-refractivity contribution in [3.05, 3.63) is 126 Å². The van der Waals surface area contributed by atoms with Gasteiger partial charge in [0.1, 0.15) is 0 Å². The van der Waals surface area contributed by atoms with Crippen molar-refractivity contribution in [2.24, 2.45) is 0 Å². The van der Waals surface area contributed by atoms with Gasteiger partial charge in [0.25, 0.3) is 0 Å². The molecule has 0 atom stereocenters. The van der Waals surface area contributed by atoms with Crippen LogP contribution in [-0.2, 0) is 5.41 Å². The lowest BCUT2D eigenvalue weighted by molar-refractivity contribution is 0.799. The number of hydrogen-bond acceptors (Lipinski definition) is 1. The number of pyridine rings is 1. The van der Waals surface area contributed by atoms with E-state index in [1.165, 1.54) is 49.7 Å². The number of nitrogens with zero attached hydrogens (tertiary/aromatic N) is 1. The van der Waals surface area contributed by atoms with Crippen molar-refractivity contribution in [2.75, 3.05) is 0 Å². The van der Waals surface area contributed by atoms with E-state index in [2.05, 4.69) is 97.1 Å². The Kier molecular flexibility index (Phi) is 2.74. The topological polar surface area (TPSA) is 12.9 Å². The van der Waals surface area contributed by atoms with E-state index in [-0.39, 0.29) is 5.41 Å². The molecule has 1 heterocycles. The molecule has 0 radical (unpaired) electrons. The number of fused-ring (bicyclic) bond motifs is 12. The molecule has 1 nitrogen and oxygen atoms in total. The van der Waals surface area contributed by atoms with Gasteiger partial charge in [0.2, 0.25) is 0 Å². The van der Waals surface area contributed by atoms with E-state index < -0.39 is 0 Å². The second kappa shape index (κ2) is 5.21. The Hall–Kier alpha value is -3.71. The summed E-state index contributed by atoms with van der Waals surface area (Å²) in [4.78, 5) is 4.99. The van der Waals surface area contributed by atoms with Crippen LogP contribution in [0.25, 0.3) is 33.2 Å². The maximum Gasteiger partial charge on any atom is 0.0759 e. The fraction of sp³-hybridized carbons (Fsp3) is 0.0357. The summed E-state index contributed by atoms with van der Waals surface area (Å²) in [5.74, 6) is 0. The highest BCUT2D eigenvalue weighted by molar-refractivity contribution is 6.02. The van der Waals surface area contributed by atoms with Gasteiger partial charge in [-0.15, -0.1) is 0 Å². The molecule has 5 aromatic rings. The van der Waals surface area contributed by atoms with Crippen LogP contribution in [0.1, 0.15) is 22.3 Å². The average Bonchev–Trinajstić information content (AvgIpc) is 3.27. The Labute approximate surface area is 169 Å². The van der Waals surface area contributed by atoms with E-state index in [0.717, 1.165) is 5.69 Å². The molecule has 0 saturated carbocycles.